The van der Waals surface area contributed by atoms with Crippen LogP contribution in [-0.2, 0) is 6.42 Å². The molecule has 0 saturated carbocycles. The van der Waals surface area contributed by atoms with Crippen LogP contribution < -0.4 is 5.43 Å². The summed E-state index contributed by atoms with van der Waals surface area (Å²) in [4.78, 5) is 23.7. The molecular weight excluding hydrogens is 313 g/mol. The highest BCUT2D eigenvalue weighted by Crippen LogP contribution is 2.17. The van der Waals surface area contributed by atoms with E-state index in [4.69, 9.17) is 14.1 Å². The molecule has 0 fully saturated rings. The second-order valence-electron chi connectivity index (χ2n) is 5.03. The average Bonchev–Trinajstić information content (AvgIpc) is 3.04. The maximum Gasteiger partial charge on any atom is 0.263 e. The van der Waals surface area contributed by atoms with E-state index in [1.807, 2.05) is 0 Å². The molecular formula is C18H10FNO4. The molecule has 118 valence electrons. The number of ketones is 1. The lowest BCUT2D eigenvalue weighted by molar-refractivity contribution is 0.0978. The fourth-order valence-corrected chi connectivity index (χ4v) is 2.16. The van der Waals surface area contributed by atoms with Gasteiger partial charge in [-0.1, -0.05) is 12.1 Å². The SMILES string of the molecule is N#Cc1cc(=O)cc(C(=O)c2ccc(Cc3ccc(F)cc3)o2)o1. The summed E-state index contributed by atoms with van der Waals surface area (Å²) in [5.41, 5.74) is 0.321. The molecule has 2 heterocycles. The third-order valence-corrected chi connectivity index (χ3v) is 3.28. The van der Waals surface area contributed by atoms with Gasteiger partial charge >= 0.3 is 0 Å². The molecule has 0 bridgehead atoms. The van der Waals surface area contributed by atoms with Crippen LogP contribution in [0.3, 0.4) is 0 Å². The van der Waals surface area contributed by atoms with Crippen LogP contribution in [0.1, 0.15) is 33.4 Å². The summed E-state index contributed by atoms with van der Waals surface area (Å²) in [5.74, 6) is -0.976. The van der Waals surface area contributed by atoms with Gasteiger partial charge in [-0.05, 0) is 29.8 Å². The maximum absolute atomic E-state index is 12.9. The zero-order chi connectivity index (χ0) is 17.1. The normalized spacial score (nSPS) is 10.3. The first-order valence-electron chi connectivity index (χ1n) is 6.98. The Morgan fingerprint density at radius 2 is 1.79 bits per heavy atom. The Labute approximate surface area is 135 Å². The zero-order valence-electron chi connectivity index (χ0n) is 12.3. The fraction of sp³-hybridized carbons (Fsp3) is 0.0556. The van der Waals surface area contributed by atoms with Crippen LogP contribution in [-0.4, -0.2) is 5.78 Å². The van der Waals surface area contributed by atoms with Crippen LogP contribution in [0.4, 0.5) is 4.39 Å². The number of carbonyl (C=O) groups excluding carboxylic acids is 1. The highest BCUT2D eigenvalue weighted by molar-refractivity contribution is 6.05. The highest BCUT2D eigenvalue weighted by atomic mass is 19.1. The summed E-state index contributed by atoms with van der Waals surface area (Å²) >= 11 is 0. The third kappa shape index (κ3) is 3.31. The van der Waals surface area contributed by atoms with Gasteiger partial charge in [-0.15, -0.1) is 0 Å². The van der Waals surface area contributed by atoms with Gasteiger partial charge in [-0.25, -0.2) is 4.39 Å². The Morgan fingerprint density at radius 3 is 2.50 bits per heavy atom. The molecule has 1 aromatic carbocycles. The van der Waals surface area contributed by atoms with Gasteiger partial charge in [-0.3, -0.25) is 9.59 Å². The van der Waals surface area contributed by atoms with Crippen LogP contribution in [0.2, 0.25) is 0 Å². The predicted molar refractivity (Wildman–Crippen MR) is 81.0 cm³/mol. The zero-order valence-corrected chi connectivity index (χ0v) is 12.3. The summed E-state index contributed by atoms with van der Waals surface area (Å²) in [6.07, 6.45) is 0.385. The molecule has 0 aliphatic carbocycles. The Morgan fingerprint density at radius 1 is 1.04 bits per heavy atom. The minimum Gasteiger partial charge on any atom is -0.457 e. The van der Waals surface area contributed by atoms with Gasteiger partial charge in [0, 0.05) is 18.6 Å². The topological polar surface area (TPSA) is 84.2 Å². The first-order chi connectivity index (χ1) is 11.5. The van der Waals surface area contributed by atoms with Crippen molar-refractivity contribution >= 4 is 5.78 Å². The van der Waals surface area contributed by atoms with E-state index in [2.05, 4.69) is 0 Å². The molecule has 0 radical (unpaired) electrons. The van der Waals surface area contributed by atoms with Crippen molar-refractivity contribution in [2.24, 2.45) is 0 Å². The minimum absolute atomic E-state index is 0.00893. The lowest BCUT2D eigenvalue weighted by Crippen LogP contribution is -2.07. The molecule has 0 atom stereocenters. The Hall–Kier alpha value is -3.46. The highest BCUT2D eigenvalue weighted by Gasteiger charge is 2.18. The van der Waals surface area contributed by atoms with Crippen molar-refractivity contribution in [2.45, 2.75) is 6.42 Å². The number of rotatable bonds is 4. The Kier molecular flexibility index (Phi) is 4.08. The lowest BCUT2D eigenvalue weighted by atomic mass is 10.1. The van der Waals surface area contributed by atoms with Crippen molar-refractivity contribution in [3.8, 4) is 6.07 Å². The molecule has 3 rings (SSSR count). The molecule has 0 aliphatic rings. The standard InChI is InChI=1S/C18H10FNO4/c19-12-3-1-11(2-4-12)7-14-5-6-16(23-14)18(22)17-9-13(21)8-15(10-20)24-17/h1-6,8-9H,7H2. The van der Waals surface area contributed by atoms with E-state index in [1.165, 1.54) is 18.2 Å². The second kappa shape index (κ2) is 6.34. The van der Waals surface area contributed by atoms with Crippen molar-refractivity contribution in [2.75, 3.05) is 0 Å². The van der Waals surface area contributed by atoms with E-state index in [0.717, 1.165) is 17.7 Å². The van der Waals surface area contributed by atoms with E-state index < -0.39 is 11.2 Å². The first-order valence-corrected chi connectivity index (χ1v) is 6.98. The quantitative estimate of drug-likeness (QED) is 0.689. The van der Waals surface area contributed by atoms with Crippen molar-refractivity contribution in [1.82, 2.24) is 0 Å². The van der Waals surface area contributed by atoms with Gasteiger partial charge in [0.1, 0.15) is 17.6 Å². The van der Waals surface area contributed by atoms with E-state index in [1.54, 1.807) is 24.3 Å². The van der Waals surface area contributed by atoms with Gasteiger partial charge in [0.2, 0.25) is 5.76 Å². The second-order valence-corrected chi connectivity index (χ2v) is 5.03. The monoisotopic (exact) mass is 323 g/mol. The van der Waals surface area contributed by atoms with Crippen LogP contribution in [0.5, 0.6) is 0 Å². The molecule has 0 aliphatic heterocycles. The Balaban J connectivity index is 1.84. The number of benzene rings is 1. The van der Waals surface area contributed by atoms with Gasteiger partial charge in [0.05, 0.1) is 0 Å². The van der Waals surface area contributed by atoms with E-state index >= 15 is 0 Å². The largest absolute Gasteiger partial charge is 0.457 e. The predicted octanol–water partition coefficient (Wildman–Crippen LogP) is 3.07. The van der Waals surface area contributed by atoms with E-state index in [9.17, 15) is 14.0 Å². The smallest absolute Gasteiger partial charge is 0.263 e. The van der Waals surface area contributed by atoms with Crippen LogP contribution in [0.25, 0.3) is 0 Å². The van der Waals surface area contributed by atoms with Crippen LogP contribution in [0, 0.1) is 17.1 Å². The van der Waals surface area contributed by atoms with Crippen molar-refractivity contribution in [3.63, 3.8) is 0 Å². The summed E-state index contributed by atoms with van der Waals surface area (Å²) in [7, 11) is 0. The number of halogens is 1. The third-order valence-electron chi connectivity index (χ3n) is 3.28. The molecule has 0 N–H and O–H groups in total. The molecule has 0 unspecified atom stereocenters. The summed E-state index contributed by atoms with van der Waals surface area (Å²) < 4.78 is 23.4. The number of hydrogen-bond donors (Lipinski definition) is 0. The van der Waals surface area contributed by atoms with Crippen LogP contribution >= 0.6 is 0 Å². The molecule has 0 saturated heterocycles. The molecule has 24 heavy (non-hydrogen) atoms. The fourth-order valence-electron chi connectivity index (χ4n) is 2.16. The number of nitrogens with zero attached hydrogens (tertiary/aromatic N) is 1. The number of nitriles is 1. The first kappa shape index (κ1) is 15.4. The van der Waals surface area contributed by atoms with Gasteiger partial charge in [0.15, 0.2) is 16.9 Å². The van der Waals surface area contributed by atoms with E-state index in [0.29, 0.717) is 12.2 Å². The molecule has 2 aromatic heterocycles. The van der Waals surface area contributed by atoms with Gasteiger partial charge in [0.25, 0.3) is 5.78 Å². The van der Waals surface area contributed by atoms with Crippen molar-refractivity contribution < 1.29 is 18.0 Å². The molecule has 0 spiro atoms. The molecule has 5 nitrogen and oxygen atoms in total. The number of carbonyl (C=O) groups is 1. The molecule has 0 amide bonds. The van der Waals surface area contributed by atoms with Crippen molar-refractivity contribution in [3.05, 3.63) is 93.2 Å². The van der Waals surface area contributed by atoms with E-state index in [-0.39, 0.29) is 23.1 Å². The van der Waals surface area contributed by atoms with Gasteiger partial charge < -0.3 is 8.83 Å². The lowest BCUT2D eigenvalue weighted by Gasteiger charge is -1.99. The summed E-state index contributed by atoms with van der Waals surface area (Å²) in [6.45, 7) is 0. The minimum atomic E-state index is -0.630. The molecule has 3 aromatic rings. The maximum atomic E-state index is 12.9. The number of furan rings is 1. The molecule has 6 heteroatoms. The number of hydrogen-bond acceptors (Lipinski definition) is 5. The Bertz CT molecular complexity index is 993. The summed E-state index contributed by atoms with van der Waals surface area (Å²) in [5, 5.41) is 8.78. The van der Waals surface area contributed by atoms with Crippen LogP contribution in [0.15, 0.2) is 62.2 Å². The summed E-state index contributed by atoms with van der Waals surface area (Å²) in [6, 6.07) is 12.7. The van der Waals surface area contributed by atoms with Gasteiger partial charge in [-0.2, -0.15) is 5.26 Å². The average molecular weight is 323 g/mol. The van der Waals surface area contributed by atoms with Crippen molar-refractivity contribution in [1.29, 1.82) is 5.26 Å².